The number of hydrogen-bond acceptors (Lipinski definition) is 8. The first-order chi connectivity index (χ1) is 20.7. The average Bonchev–Trinajstić information content (AvgIpc) is 3.61. The molecule has 4 aromatic carbocycles. The van der Waals surface area contributed by atoms with Gasteiger partial charge in [-0.15, -0.1) is 0 Å². The fourth-order valence-corrected chi connectivity index (χ4v) is 7.00. The second-order valence-electron chi connectivity index (χ2n) is 10.4. The fraction of sp³-hybridized carbons (Fsp3) is 0.176. The number of ether oxygens (including phenoxy) is 3. The van der Waals surface area contributed by atoms with E-state index in [4.69, 9.17) is 18.4 Å². The number of rotatable bonds is 9. The summed E-state index contributed by atoms with van der Waals surface area (Å²) < 4.78 is 49.7. The molecule has 220 valence electrons. The van der Waals surface area contributed by atoms with Gasteiger partial charge in [-0.1, -0.05) is 48.6 Å². The van der Waals surface area contributed by atoms with E-state index >= 15 is 0 Å². The molecule has 1 saturated heterocycles. The van der Waals surface area contributed by atoms with Gasteiger partial charge in [0, 0.05) is 12.5 Å². The number of benzene rings is 4. The van der Waals surface area contributed by atoms with Crippen molar-refractivity contribution in [2.45, 2.75) is 23.9 Å². The SMILES string of the molecule is COc1cc(/C=C/c2ccc(OS(=O)(=O)[C@H]3C[C@H]4O[C@@H]3C(c3ccc(O)cc3)=C4c3ccc(O)cc3)cc2)cc(OC)c1. The molecule has 0 aromatic heterocycles. The highest BCUT2D eigenvalue weighted by Crippen LogP contribution is 2.51. The molecule has 8 nitrogen and oxygen atoms in total. The maximum atomic E-state index is 13.6. The quantitative estimate of drug-likeness (QED) is 0.175. The molecule has 0 unspecified atom stereocenters. The molecule has 2 bridgehead atoms. The number of fused-ring (bicyclic) bond motifs is 2. The van der Waals surface area contributed by atoms with Gasteiger partial charge in [-0.25, -0.2) is 0 Å². The molecule has 0 amide bonds. The lowest BCUT2D eigenvalue weighted by molar-refractivity contribution is 0.128. The van der Waals surface area contributed by atoms with E-state index in [0.29, 0.717) is 11.5 Å². The minimum atomic E-state index is -4.08. The molecule has 0 aliphatic carbocycles. The van der Waals surface area contributed by atoms with Gasteiger partial charge in [0.2, 0.25) is 0 Å². The number of methoxy groups -OCH3 is 2. The van der Waals surface area contributed by atoms with Crippen LogP contribution in [-0.2, 0) is 14.9 Å². The average molecular weight is 599 g/mol. The Bertz CT molecular complexity index is 1770. The van der Waals surface area contributed by atoms with Gasteiger partial charge in [0.25, 0.3) is 0 Å². The van der Waals surface area contributed by atoms with Gasteiger partial charge in [-0.3, -0.25) is 0 Å². The summed E-state index contributed by atoms with van der Waals surface area (Å²) in [6.45, 7) is 0. The second kappa shape index (κ2) is 11.5. The molecule has 0 radical (unpaired) electrons. The molecule has 1 fully saturated rings. The summed E-state index contributed by atoms with van der Waals surface area (Å²) in [5.74, 6) is 1.80. The van der Waals surface area contributed by atoms with E-state index in [0.717, 1.165) is 33.4 Å². The first kappa shape index (κ1) is 28.4. The highest BCUT2D eigenvalue weighted by molar-refractivity contribution is 7.87. The third kappa shape index (κ3) is 5.82. The van der Waals surface area contributed by atoms with Crippen molar-refractivity contribution in [2.75, 3.05) is 14.2 Å². The maximum absolute atomic E-state index is 13.6. The molecular weight excluding hydrogens is 568 g/mol. The third-order valence-electron chi connectivity index (χ3n) is 7.65. The Morgan fingerprint density at radius 3 is 1.79 bits per heavy atom. The van der Waals surface area contributed by atoms with Crippen molar-refractivity contribution in [3.05, 3.63) is 113 Å². The monoisotopic (exact) mass is 598 g/mol. The number of hydrogen-bond donors (Lipinski definition) is 2. The van der Waals surface area contributed by atoms with Crippen LogP contribution in [0, 0.1) is 0 Å². The summed E-state index contributed by atoms with van der Waals surface area (Å²) in [6.07, 6.45) is 2.81. The van der Waals surface area contributed by atoms with E-state index in [1.165, 1.54) is 0 Å². The van der Waals surface area contributed by atoms with Gasteiger partial charge in [0.05, 0.1) is 20.3 Å². The van der Waals surface area contributed by atoms with E-state index in [-0.39, 0.29) is 23.7 Å². The van der Waals surface area contributed by atoms with Gasteiger partial charge in [0.15, 0.2) is 0 Å². The fourth-order valence-electron chi connectivity index (χ4n) is 5.58. The highest BCUT2D eigenvalue weighted by atomic mass is 32.2. The lowest BCUT2D eigenvalue weighted by Crippen LogP contribution is -2.35. The van der Waals surface area contributed by atoms with Crippen LogP contribution in [0.5, 0.6) is 28.7 Å². The molecular formula is C34H30O8S. The smallest absolute Gasteiger partial charge is 0.315 e. The van der Waals surface area contributed by atoms with Crippen LogP contribution in [0.3, 0.4) is 0 Å². The zero-order chi connectivity index (χ0) is 30.1. The van der Waals surface area contributed by atoms with Crippen LogP contribution >= 0.6 is 0 Å². The van der Waals surface area contributed by atoms with Gasteiger partial charge in [-0.2, -0.15) is 8.42 Å². The minimum absolute atomic E-state index is 0.105. The zero-order valence-electron chi connectivity index (χ0n) is 23.5. The standard InChI is InChI=1S/C34H30O8S/c1-39-28-17-22(18-29(19-28)40-2)4-3-21-5-15-27(16-6-21)42-43(37,38)31-20-30-32(23-7-11-25(35)12-8-23)33(34(31)41-30)24-9-13-26(36)14-10-24/h3-19,30-31,34-36H,20H2,1-2H3/b4-3+/t30-,31+,34+/m1/s1. The predicted octanol–water partition coefficient (Wildman–Crippen LogP) is 6.14. The molecule has 2 aliphatic rings. The molecule has 0 spiro atoms. The van der Waals surface area contributed by atoms with Crippen molar-refractivity contribution in [1.82, 2.24) is 0 Å². The molecule has 3 atom stereocenters. The van der Waals surface area contributed by atoms with Crippen LogP contribution in [0.2, 0.25) is 0 Å². The maximum Gasteiger partial charge on any atom is 0.315 e. The Morgan fingerprint density at radius 2 is 1.23 bits per heavy atom. The molecule has 4 aromatic rings. The van der Waals surface area contributed by atoms with Crippen molar-refractivity contribution in [3.63, 3.8) is 0 Å². The van der Waals surface area contributed by atoms with Crippen molar-refractivity contribution in [2.24, 2.45) is 0 Å². The van der Waals surface area contributed by atoms with Crippen LogP contribution in [0.1, 0.15) is 28.7 Å². The molecule has 2 aliphatic heterocycles. The largest absolute Gasteiger partial charge is 0.508 e. The van der Waals surface area contributed by atoms with Crippen LogP contribution in [0.15, 0.2) is 91.0 Å². The van der Waals surface area contributed by atoms with Gasteiger partial charge in [0.1, 0.15) is 40.1 Å². The van der Waals surface area contributed by atoms with Crippen LogP contribution in [0.4, 0.5) is 0 Å². The van der Waals surface area contributed by atoms with Crippen molar-refractivity contribution in [1.29, 1.82) is 0 Å². The number of aromatic hydroxyl groups is 2. The van der Waals surface area contributed by atoms with E-state index < -0.39 is 27.6 Å². The molecule has 6 rings (SSSR count). The molecule has 9 heteroatoms. The van der Waals surface area contributed by atoms with Crippen LogP contribution in [0.25, 0.3) is 23.3 Å². The van der Waals surface area contributed by atoms with Gasteiger partial charge >= 0.3 is 10.1 Å². The van der Waals surface area contributed by atoms with Crippen molar-refractivity contribution >= 4 is 33.4 Å². The van der Waals surface area contributed by atoms with Crippen LogP contribution < -0.4 is 13.7 Å². The second-order valence-corrected chi connectivity index (χ2v) is 12.1. The highest BCUT2D eigenvalue weighted by Gasteiger charge is 2.53. The Hall–Kier alpha value is -4.73. The van der Waals surface area contributed by atoms with Crippen molar-refractivity contribution < 1.29 is 37.0 Å². The number of phenolic OH excluding ortho intramolecular Hbond substituents is 2. The topological polar surface area (TPSA) is 112 Å². The summed E-state index contributed by atoms with van der Waals surface area (Å²) in [5.41, 5.74) is 4.92. The number of phenols is 2. The third-order valence-corrected chi connectivity index (χ3v) is 9.26. The Labute approximate surface area is 250 Å². The van der Waals surface area contributed by atoms with Crippen molar-refractivity contribution in [3.8, 4) is 28.7 Å². The summed E-state index contributed by atoms with van der Waals surface area (Å²) in [7, 11) is -0.895. The normalized spacial score (nSPS) is 19.6. The molecule has 0 saturated carbocycles. The van der Waals surface area contributed by atoms with E-state index in [1.54, 1.807) is 93.1 Å². The summed E-state index contributed by atoms with van der Waals surface area (Å²) in [5, 5.41) is 18.7. The van der Waals surface area contributed by atoms with E-state index in [9.17, 15) is 18.6 Å². The predicted molar refractivity (Wildman–Crippen MR) is 165 cm³/mol. The minimum Gasteiger partial charge on any atom is -0.508 e. The van der Waals surface area contributed by atoms with Crippen LogP contribution in [-0.4, -0.2) is 50.3 Å². The summed E-state index contributed by atoms with van der Waals surface area (Å²) >= 11 is 0. The lowest BCUT2D eigenvalue weighted by Gasteiger charge is -2.24. The summed E-state index contributed by atoms with van der Waals surface area (Å²) in [4.78, 5) is 0. The lowest BCUT2D eigenvalue weighted by atomic mass is 9.83. The first-order valence-electron chi connectivity index (χ1n) is 13.7. The Morgan fingerprint density at radius 1 is 0.698 bits per heavy atom. The molecule has 2 heterocycles. The van der Waals surface area contributed by atoms with Gasteiger partial charge in [-0.05, 0) is 81.9 Å². The molecule has 2 N–H and O–H groups in total. The first-order valence-corrected chi connectivity index (χ1v) is 15.1. The zero-order valence-corrected chi connectivity index (χ0v) is 24.3. The Kier molecular flexibility index (Phi) is 7.60. The summed E-state index contributed by atoms with van der Waals surface area (Å²) in [6, 6.07) is 25.7. The molecule has 43 heavy (non-hydrogen) atoms. The Balaban J connectivity index is 1.23. The van der Waals surface area contributed by atoms with E-state index in [1.807, 2.05) is 24.3 Å². The van der Waals surface area contributed by atoms with E-state index in [2.05, 4.69) is 0 Å². The van der Waals surface area contributed by atoms with Gasteiger partial charge < -0.3 is 28.6 Å².